The molecule has 2 aromatic carbocycles. The van der Waals surface area contributed by atoms with Gasteiger partial charge in [-0.2, -0.15) is 5.10 Å². The number of hydrogen-bond acceptors (Lipinski definition) is 5. The van der Waals surface area contributed by atoms with Crippen LogP contribution in [-0.4, -0.2) is 40.4 Å². The molecule has 1 aliphatic heterocycles. The molecule has 6 nitrogen and oxygen atoms in total. The first-order valence-electron chi connectivity index (χ1n) is 7.87. The topological polar surface area (TPSA) is 74.1 Å². The van der Waals surface area contributed by atoms with Crippen molar-refractivity contribution in [3.05, 3.63) is 64.9 Å². The standard InChI is InChI=1S/C18H14ClFN4O2S/c19-14-7-4-8-15(20)13(14)9-21-23-18-24(17(26)11-27-18)10-16(25)22-12-5-2-1-3-6-12/h1-9H,10-11H2,(H,22,25). The molecule has 1 aliphatic rings. The average molecular weight is 405 g/mol. The third kappa shape index (κ3) is 4.93. The van der Waals surface area contributed by atoms with E-state index >= 15 is 0 Å². The fourth-order valence-electron chi connectivity index (χ4n) is 2.26. The summed E-state index contributed by atoms with van der Waals surface area (Å²) in [7, 11) is 0. The zero-order valence-electron chi connectivity index (χ0n) is 13.9. The predicted molar refractivity (Wildman–Crippen MR) is 106 cm³/mol. The minimum absolute atomic E-state index is 0.103. The maximum Gasteiger partial charge on any atom is 0.244 e. The van der Waals surface area contributed by atoms with Crippen LogP contribution >= 0.6 is 23.4 Å². The van der Waals surface area contributed by atoms with E-state index in [1.165, 1.54) is 29.3 Å². The molecule has 27 heavy (non-hydrogen) atoms. The van der Waals surface area contributed by atoms with Crippen LogP contribution < -0.4 is 5.32 Å². The number of para-hydroxylation sites is 1. The number of nitrogens with zero attached hydrogens (tertiary/aromatic N) is 3. The van der Waals surface area contributed by atoms with Crippen LogP contribution in [0.1, 0.15) is 5.56 Å². The second-order valence-electron chi connectivity index (χ2n) is 5.45. The van der Waals surface area contributed by atoms with Crippen LogP contribution in [-0.2, 0) is 9.59 Å². The largest absolute Gasteiger partial charge is 0.325 e. The lowest BCUT2D eigenvalue weighted by atomic mass is 10.2. The average Bonchev–Trinajstić information content (AvgIpc) is 2.98. The summed E-state index contributed by atoms with van der Waals surface area (Å²) in [6.07, 6.45) is 1.18. The Bertz CT molecular complexity index is 901. The smallest absolute Gasteiger partial charge is 0.244 e. The minimum atomic E-state index is -0.527. The molecule has 0 saturated carbocycles. The molecule has 1 heterocycles. The van der Waals surface area contributed by atoms with Gasteiger partial charge in [0, 0.05) is 11.3 Å². The highest BCUT2D eigenvalue weighted by molar-refractivity contribution is 8.15. The Kier molecular flexibility index (Phi) is 6.20. The SMILES string of the molecule is O=C(CN1C(=O)CSC1=NN=Cc1c(F)cccc1Cl)Nc1ccccc1. The van der Waals surface area contributed by atoms with Crippen molar-refractivity contribution in [2.75, 3.05) is 17.6 Å². The number of carbonyl (C=O) groups excluding carboxylic acids is 2. The van der Waals surface area contributed by atoms with Crippen molar-refractivity contribution >= 4 is 52.2 Å². The molecular formula is C18H14ClFN4O2S. The van der Waals surface area contributed by atoms with Crippen LogP contribution in [0.4, 0.5) is 10.1 Å². The van der Waals surface area contributed by atoms with Gasteiger partial charge in [-0.3, -0.25) is 14.5 Å². The van der Waals surface area contributed by atoms with E-state index in [0.29, 0.717) is 5.69 Å². The molecular weight excluding hydrogens is 391 g/mol. The third-order valence-electron chi connectivity index (χ3n) is 3.55. The second kappa shape index (κ2) is 8.79. The van der Waals surface area contributed by atoms with Gasteiger partial charge in [0.1, 0.15) is 12.4 Å². The normalized spacial score (nSPS) is 15.7. The number of nitrogens with one attached hydrogen (secondary N) is 1. The lowest BCUT2D eigenvalue weighted by Crippen LogP contribution is -2.37. The number of amidine groups is 1. The number of hydrogen-bond donors (Lipinski definition) is 1. The highest BCUT2D eigenvalue weighted by Crippen LogP contribution is 2.20. The summed E-state index contributed by atoms with van der Waals surface area (Å²) in [6.45, 7) is -0.185. The van der Waals surface area contributed by atoms with E-state index in [4.69, 9.17) is 11.6 Å². The van der Waals surface area contributed by atoms with Gasteiger partial charge in [0.25, 0.3) is 0 Å². The minimum Gasteiger partial charge on any atom is -0.325 e. The number of thioether (sulfide) groups is 1. The fourth-order valence-corrected chi connectivity index (χ4v) is 3.31. The van der Waals surface area contributed by atoms with Gasteiger partial charge in [-0.1, -0.05) is 47.6 Å². The van der Waals surface area contributed by atoms with Crippen LogP contribution in [0.25, 0.3) is 0 Å². The molecule has 1 fully saturated rings. The molecule has 138 valence electrons. The Hall–Kier alpha value is -2.71. The molecule has 0 bridgehead atoms. The Morgan fingerprint density at radius 2 is 2.04 bits per heavy atom. The lowest BCUT2D eigenvalue weighted by molar-refractivity contribution is -0.128. The molecule has 2 aromatic rings. The Morgan fingerprint density at radius 1 is 1.26 bits per heavy atom. The summed E-state index contributed by atoms with van der Waals surface area (Å²) in [4.78, 5) is 25.4. The second-order valence-corrected chi connectivity index (χ2v) is 6.79. The molecule has 1 saturated heterocycles. The maximum absolute atomic E-state index is 13.7. The summed E-state index contributed by atoms with van der Waals surface area (Å²) in [5.74, 6) is -0.972. The molecule has 0 unspecified atom stereocenters. The molecule has 0 aromatic heterocycles. The fraction of sp³-hybridized carbons (Fsp3) is 0.111. The van der Waals surface area contributed by atoms with Crippen LogP contribution in [0.15, 0.2) is 58.7 Å². The molecule has 3 rings (SSSR count). The molecule has 0 atom stereocenters. The zero-order chi connectivity index (χ0) is 19.2. The summed E-state index contributed by atoms with van der Waals surface area (Å²) < 4.78 is 13.7. The number of anilines is 1. The van der Waals surface area contributed by atoms with Crippen molar-refractivity contribution in [3.63, 3.8) is 0 Å². The Labute approximate surface area is 164 Å². The van der Waals surface area contributed by atoms with E-state index < -0.39 is 5.82 Å². The van der Waals surface area contributed by atoms with Gasteiger partial charge in [0.05, 0.1) is 17.0 Å². The van der Waals surface area contributed by atoms with E-state index in [9.17, 15) is 14.0 Å². The highest BCUT2D eigenvalue weighted by atomic mass is 35.5. The van der Waals surface area contributed by atoms with Gasteiger partial charge in [-0.15, -0.1) is 5.10 Å². The number of amides is 2. The highest BCUT2D eigenvalue weighted by Gasteiger charge is 2.30. The monoisotopic (exact) mass is 404 g/mol. The molecule has 2 amide bonds. The first-order valence-corrected chi connectivity index (χ1v) is 9.24. The van der Waals surface area contributed by atoms with Gasteiger partial charge < -0.3 is 5.32 Å². The van der Waals surface area contributed by atoms with Crippen LogP contribution in [0.3, 0.4) is 0 Å². The number of halogens is 2. The van der Waals surface area contributed by atoms with E-state index in [0.717, 1.165) is 11.8 Å². The summed E-state index contributed by atoms with van der Waals surface area (Å²) >= 11 is 7.08. The lowest BCUT2D eigenvalue weighted by Gasteiger charge is -2.14. The van der Waals surface area contributed by atoms with Gasteiger partial charge in [-0.25, -0.2) is 4.39 Å². The van der Waals surface area contributed by atoms with Crippen molar-refractivity contribution in [1.29, 1.82) is 0 Å². The van der Waals surface area contributed by atoms with Crippen molar-refractivity contribution in [3.8, 4) is 0 Å². The van der Waals surface area contributed by atoms with Crippen molar-refractivity contribution in [2.45, 2.75) is 0 Å². The van der Waals surface area contributed by atoms with Gasteiger partial charge in [-0.05, 0) is 24.3 Å². The first kappa shape index (κ1) is 19.1. The quantitative estimate of drug-likeness (QED) is 0.613. The summed E-state index contributed by atoms with van der Waals surface area (Å²) in [6, 6.07) is 13.2. The van der Waals surface area contributed by atoms with Crippen LogP contribution in [0.2, 0.25) is 5.02 Å². The Balaban J connectivity index is 1.69. The molecule has 9 heteroatoms. The number of benzene rings is 2. The van der Waals surface area contributed by atoms with E-state index in [1.807, 2.05) is 6.07 Å². The molecule has 0 spiro atoms. The van der Waals surface area contributed by atoms with E-state index in [2.05, 4.69) is 15.5 Å². The van der Waals surface area contributed by atoms with E-state index in [-0.39, 0.29) is 39.9 Å². The van der Waals surface area contributed by atoms with Crippen molar-refractivity contribution < 1.29 is 14.0 Å². The third-order valence-corrected chi connectivity index (χ3v) is 4.83. The number of carbonyl (C=O) groups is 2. The van der Waals surface area contributed by atoms with Crippen LogP contribution in [0, 0.1) is 5.82 Å². The van der Waals surface area contributed by atoms with Crippen molar-refractivity contribution in [1.82, 2.24) is 4.90 Å². The van der Waals surface area contributed by atoms with Crippen LogP contribution in [0.5, 0.6) is 0 Å². The zero-order valence-corrected chi connectivity index (χ0v) is 15.5. The maximum atomic E-state index is 13.7. The van der Waals surface area contributed by atoms with Crippen molar-refractivity contribution in [2.24, 2.45) is 10.2 Å². The predicted octanol–water partition coefficient (Wildman–Crippen LogP) is 3.38. The molecule has 1 N–H and O–H groups in total. The van der Waals surface area contributed by atoms with E-state index in [1.54, 1.807) is 24.3 Å². The molecule has 0 radical (unpaired) electrons. The van der Waals surface area contributed by atoms with Gasteiger partial charge >= 0.3 is 0 Å². The Morgan fingerprint density at radius 3 is 2.78 bits per heavy atom. The van der Waals surface area contributed by atoms with Gasteiger partial charge in [0.2, 0.25) is 11.8 Å². The summed E-state index contributed by atoms with van der Waals surface area (Å²) in [5, 5.41) is 10.9. The molecule has 0 aliphatic carbocycles. The van der Waals surface area contributed by atoms with Gasteiger partial charge in [0.15, 0.2) is 5.17 Å². The number of rotatable bonds is 5. The summed E-state index contributed by atoms with van der Waals surface area (Å²) in [5.41, 5.74) is 0.735. The first-order chi connectivity index (χ1) is 13.0.